The summed E-state index contributed by atoms with van der Waals surface area (Å²) in [6, 6.07) is 3.54. The lowest BCUT2D eigenvalue weighted by Crippen LogP contribution is -2.12. The average molecular weight is 326 g/mol. The number of hydrogen-bond donors (Lipinski definition) is 1. The van der Waals surface area contributed by atoms with Gasteiger partial charge in [0.2, 0.25) is 0 Å². The zero-order chi connectivity index (χ0) is 15.6. The van der Waals surface area contributed by atoms with Gasteiger partial charge in [-0.2, -0.15) is 0 Å². The van der Waals surface area contributed by atoms with Gasteiger partial charge in [-0.3, -0.25) is 25.0 Å². The first-order valence-electron chi connectivity index (χ1n) is 5.60. The van der Waals surface area contributed by atoms with Crippen LogP contribution < -0.4 is 5.32 Å². The smallest absolute Gasteiger partial charge is 0.270 e. The molecule has 0 unspecified atom stereocenters. The minimum Gasteiger partial charge on any atom is -0.298 e. The van der Waals surface area contributed by atoms with Gasteiger partial charge < -0.3 is 0 Å². The van der Waals surface area contributed by atoms with Crippen LogP contribution in [0.15, 0.2) is 23.6 Å². The number of aromatic nitrogens is 1. The van der Waals surface area contributed by atoms with Gasteiger partial charge in [-0.25, -0.2) is 4.98 Å². The second-order valence-electron chi connectivity index (χ2n) is 3.97. The minimum absolute atomic E-state index is 0.0370. The number of rotatable bonds is 4. The topological polar surface area (TPSA) is 102 Å². The Morgan fingerprint density at radius 1 is 1.43 bits per heavy atom. The lowest BCUT2D eigenvalue weighted by Gasteiger charge is -2.03. The number of Topliss-reactive ketones (excluding diaryl/α,β-unsaturated/α-hetero) is 1. The number of halogens is 1. The highest BCUT2D eigenvalue weighted by Crippen LogP contribution is 2.24. The lowest BCUT2D eigenvalue weighted by atomic mass is 10.2. The molecule has 0 bridgehead atoms. The Balaban J connectivity index is 2.20. The predicted octanol–water partition coefficient (Wildman–Crippen LogP) is 3.16. The number of non-ortho nitro benzene ring substituents is 1. The van der Waals surface area contributed by atoms with Crippen molar-refractivity contribution in [2.45, 2.75) is 6.92 Å². The van der Waals surface area contributed by atoms with Crippen molar-refractivity contribution in [3.63, 3.8) is 0 Å². The number of thiazole rings is 1. The van der Waals surface area contributed by atoms with Gasteiger partial charge in [-0.15, -0.1) is 11.3 Å². The highest BCUT2D eigenvalue weighted by atomic mass is 35.5. The van der Waals surface area contributed by atoms with E-state index in [4.69, 9.17) is 11.6 Å². The predicted molar refractivity (Wildman–Crippen MR) is 78.2 cm³/mol. The SMILES string of the molecule is CC(=O)c1csc(NC(=O)c2ccc([N+](=O)[O-])cc2Cl)n1. The van der Waals surface area contributed by atoms with Gasteiger partial charge in [-0.1, -0.05) is 11.6 Å². The average Bonchev–Trinajstić information content (AvgIpc) is 2.87. The molecule has 1 heterocycles. The van der Waals surface area contributed by atoms with E-state index in [0.717, 1.165) is 17.4 Å². The molecule has 1 aromatic heterocycles. The van der Waals surface area contributed by atoms with Crippen molar-refractivity contribution in [2.75, 3.05) is 5.32 Å². The second kappa shape index (κ2) is 5.98. The van der Waals surface area contributed by atoms with E-state index in [1.165, 1.54) is 24.4 Å². The molecule has 108 valence electrons. The van der Waals surface area contributed by atoms with E-state index >= 15 is 0 Å². The Bertz CT molecular complexity index is 744. The van der Waals surface area contributed by atoms with Crippen LogP contribution in [0.2, 0.25) is 5.02 Å². The zero-order valence-electron chi connectivity index (χ0n) is 10.6. The van der Waals surface area contributed by atoms with Crippen molar-refractivity contribution in [1.82, 2.24) is 4.98 Å². The third kappa shape index (κ3) is 3.41. The maximum atomic E-state index is 12.0. The third-order valence-electron chi connectivity index (χ3n) is 2.49. The fourth-order valence-electron chi connectivity index (χ4n) is 1.46. The number of anilines is 1. The minimum atomic E-state index is -0.604. The highest BCUT2D eigenvalue weighted by molar-refractivity contribution is 7.14. The van der Waals surface area contributed by atoms with Crippen molar-refractivity contribution in [1.29, 1.82) is 0 Å². The number of nitro benzene ring substituents is 1. The largest absolute Gasteiger partial charge is 0.298 e. The standard InChI is InChI=1S/C12H8ClN3O4S/c1-6(17)10-5-21-12(14-10)15-11(18)8-3-2-7(16(19)20)4-9(8)13/h2-5H,1H3,(H,14,15,18). The summed E-state index contributed by atoms with van der Waals surface area (Å²) in [5.41, 5.74) is 0.136. The molecule has 0 aliphatic rings. The van der Waals surface area contributed by atoms with Crippen LogP contribution in [0.5, 0.6) is 0 Å². The van der Waals surface area contributed by atoms with Crippen molar-refractivity contribution in [3.8, 4) is 0 Å². The Hall–Kier alpha value is -2.32. The molecule has 0 atom stereocenters. The number of nitrogens with zero attached hydrogens (tertiary/aromatic N) is 2. The van der Waals surface area contributed by atoms with Gasteiger partial charge in [0.15, 0.2) is 10.9 Å². The Labute approximate surface area is 127 Å². The summed E-state index contributed by atoms with van der Waals surface area (Å²) in [4.78, 5) is 37.1. The van der Waals surface area contributed by atoms with Crippen molar-refractivity contribution < 1.29 is 14.5 Å². The number of carbonyl (C=O) groups excluding carboxylic acids is 2. The number of hydrogen-bond acceptors (Lipinski definition) is 6. The summed E-state index contributed by atoms with van der Waals surface area (Å²) in [7, 11) is 0. The first-order chi connectivity index (χ1) is 9.88. The molecule has 1 amide bonds. The van der Waals surface area contributed by atoms with Gasteiger partial charge in [-0.05, 0) is 6.07 Å². The monoisotopic (exact) mass is 325 g/mol. The highest BCUT2D eigenvalue weighted by Gasteiger charge is 2.16. The number of amides is 1. The third-order valence-corrected chi connectivity index (χ3v) is 3.56. The molecule has 1 N–H and O–H groups in total. The number of nitro groups is 1. The quantitative estimate of drug-likeness (QED) is 0.528. The fourth-order valence-corrected chi connectivity index (χ4v) is 2.46. The van der Waals surface area contributed by atoms with Crippen LogP contribution in [0, 0.1) is 10.1 Å². The van der Waals surface area contributed by atoms with Crippen LogP contribution in [-0.4, -0.2) is 21.6 Å². The first kappa shape index (κ1) is 15.1. The van der Waals surface area contributed by atoms with E-state index in [0.29, 0.717) is 0 Å². The molecular weight excluding hydrogens is 318 g/mol. The van der Waals surface area contributed by atoms with E-state index in [1.807, 2.05) is 0 Å². The molecule has 2 rings (SSSR count). The maximum Gasteiger partial charge on any atom is 0.270 e. The summed E-state index contributed by atoms with van der Waals surface area (Å²) in [5.74, 6) is -0.764. The van der Waals surface area contributed by atoms with Crippen molar-refractivity contribution in [3.05, 3.63) is 50.0 Å². The molecule has 2 aromatic rings. The molecule has 0 radical (unpaired) electrons. The Kier molecular flexibility index (Phi) is 4.29. The first-order valence-corrected chi connectivity index (χ1v) is 6.86. The van der Waals surface area contributed by atoms with Gasteiger partial charge in [0, 0.05) is 24.4 Å². The van der Waals surface area contributed by atoms with E-state index in [1.54, 1.807) is 0 Å². The normalized spacial score (nSPS) is 10.2. The van der Waals surface area contributed by atoms with Gasteiger partial charge in [0.1, 0.15) is 5.69 Å². The number of ketones is 1. The number of benzene rings is 1. The number of carbonyl (C=O) groups is 2. The van der Waals surface area contributed by atoms with Crippen molar-refractivity contribution in [2.24, 2.45) is 0 Å². The molecule has 0 saturated carbocycles. The molecule has 1 aromatic carbocycles. The van der Waals surface area contributed by atoms with Crippen LogP contribution >= 0.6 is 22.9 Å². The summed E-state index contributed by atoms with van der Waals surface area (Å²) >= 11 is 6.95. The molecule has 9 heteroatoms. The van der Waals surface area contributed by atoms with E-state index < -0.39 is 10.8 Å². The summed E-state index contributed by atoms with van der Waals surface area (Å²) in [6.07, 6.45) is 0. The zero-order valence-corrected chi connectivity index (χ0v) is 12.2. The number of nitrogens with one attached hydrogen (secondary N) is 1. The molecule has 0 spiro atoms. The van der Waals surface area contributed by atoms with E-state index in [2.05, 4.69) is 10.3 Å². The van der Waals surface area contributed by atoms with Crippen LogP contribution in [0.1, 0.15) is 27.8 Å². The second-order valence-corrected chi connectivity index (χ2v) is 5.23. The Morgan fingerprint density at radius 2 is 2.14 bits per heavy atom. The van der Waals surface area contributed by atoms with E-state index in [-0.39, 0.29) is 32.9 Å². The van der Waals surface area contributed by atoms with Crippen LogP contribution in [0.4, 0.5) is 10.8 Å². The van der Waals surface area contributed by atoms with Gasteiger partial charge >= 0.3 is 0 Å². The van der Waals surface area contributed by atoms with E-state index in [9.17, 15) is 19.7 Å². The molecule has 0 saturated heterocycles. The fraction of sp³-hybridized carbons (Fsp3) is 0.0833. The molecule has 21 heavy (non-hydrogen) atoms. The molecule has 0 aliphatic heterocycles. The molecule has 0 fully saturated rings. The summed E-state index contributed by atoms with van der Waals surface area (Å²) in [6.45, 7) is 1.37. The Morgan fingerprint density at radius 3 is 2.67 bits per heavy atom. The van der Waals surface area contributed by atoms with Crippen molar-refractivity contribution >= 4 is 45.4 Å². The molecule has 0 aliphatic carbocycles. The van der Waals surface area contributed by atoms with Crippen LogP contribution in [0.3, 0.4) is 0 Å². The molecule has 7 nitrogen and oxygen atoms in total. The van der Waals surface area contributed by atoms with Crippen LogP contribution in [-0.2, 0) is 0 Å². The summed E-state index contributed by atoms with van der Waals surface area (Å²) < 4.78 is 0. The molecular formula is C12H8ClN3O4S. The van der Waals surface area contributed by atoms with Gasteiger partial charge in [0.05, 0.1) is 15.5 Å². The van der Waals surface area contributed by atoms with Crippen LogP contribution in [0.25, 0.3) is 0 Å². The maximum absolute atomic E-state index is 12.0. The lowest BCUT2D eigenvalue weighted by molar-refractivity contribution is -0.384. The summed E-state index contributed by atoms with van der Waals surface area (Å²) in [5, 5.41) is 14.8. The van der Waals surface area contributed by atoms with Gasteiger partial charge in [0.25, 0.3) is 11.6 Å².